The molecule has 3 aliphatic heterocycles. The molecule has 0 aliphatic carbocycles. The summed E-state index contributed by atoms with van der Waals surface area (Å²) in [6, 6.07) is 12.1. The smallest absolute Gasteiger partial charge is 0.270 e. The molecule has 0 N–H and O–H groups in total. The number of Topliss-reactive ketones (excluding diaryl/α,β-unsaturated/α-hetero) is 2. The van der Waals surface area contributed by atoms with Gasteiger partial charge in [0.05, 0.1) is 5.52 Å². The van der Waals surface area contributed by atoms with Gasteiger partial charge in [0.15, 0.2) is 11.6 Å². The number of carbonyl (C=O) groups is 3. The molecule has 2 aromatic carbocycles. The first-order valence-corrected chi connectivity index (χ1v) is 13.9. The Morgan fingerprint density at radius 3 is 2.50 bits per heavy atom. The van der Waals surface area contributed by atoms with Gasteiger partial charge < -0.3 is 14.4 Å². The van der Waals surface area contributed by atoms with Gasteiger partial charge in [-0.1, -0.05) is 0 Å². The lowest BCUT2D eigenvalue weighted by Crippen LogP contribution is -2.41. The van der Waals surface area contributed by atoms with Crippen LogP contribution in [-0.4, -0.2) is 64.1 Å². The number of amides is 1. The summed E-state index contributed by atoms with van der Waals surface area (Å²) in [5, 5.41) is 0.977. The normalized spacial score (nSPS) is 20.4. The number of carbonyl (C=O) groups excluding carboxylic acids is 3. The molecule has 3 aliphatic rings. The first-order valence-electron chi connectivity index (χ1n) is 13.9. The lowest BCUT2D eigenvalue weighted by molar-refractivity contribution is 0.0693. The molecule has 7 heteroatoms. The molecule has 0 saturated carbocycles. The van der Waals surface area contributed by atoms with E-state index >= 15 is 0 Å². The van der Waals surface area contributed by atoms with Crippen LogP contribution in [-0.2, 0) is 6.54 Å². The van der Waals surface area contributed by atoms with Gasteiger partial charge in [0.2, 0.25) is 0 Å². The highest BCUT2D eigenvalue weighted by atomic mass is 19.1. The van der Waals surface area contributed by atoms with E-state index in [9.17, 15) is 18.8 Å². The Balaban J connectivity index is 1.09. The molecule has 1 amide bonds. The Bertz CT molecular complexity index is 1400. The van der Waals surface area contributed by atoms with E-state index in [0.717, 1.165) is 80.3 Å². The van der Waals surface area contributed by atoms with Crippen LogP contribution in [0.5, 0.6) is 0 Å². The number of ketones is 2. The van der Waals surface area contributed by atoms with Gasteiger partial charge in [-0.15, -0.1) is 0 Å². The molecule has 6 nitrogen and oxygen atoms in total. The van der Waals surface area contributed by atoms with Crippen LogP contribution < -0.4 is 0 Å². The third-order valence-corrected chi connectivity index (χ3v) is 8.72. The van der Waals surface area contributed by atoms with Gasteiger partial charge in [-0.2, -0.15) is 0 Å². The lowest BCUT2D eigenvalue weighted by atomic mass is 9.88. The second-order valence-electron chi connectivity index (χ2n) is 11.2. The van der Waals surface area contributed by atoms with Gasteiger partial charge in [0.25, 0.3) is 5.91 Å². The number of piperidine rings is 1. The predicted octanol–water partition coefficient (Wildman–Crippen LogP) is 5.26. The van der Waals surface area contributed by atoms with Crippen LogP contribution in [0.25, 0.3) is 10.9 Å². The second-order valence-corrected chi connectivity index (χ2v) is 11.2. The standard InChI is InChI=1S/C31H34FN3O3/c1-20-17-23-19-27(35-16-11-28(36)26(18-20)29(23)35)31(38)34-12-2-3-25(34)10-15-33-13-8-22(9-14-33)30(37)21-4-6-24(32)7-5-21/h4-7,17-19,22,25H,2-3,8-16H2,1H3/t25-/m0/s1. The monoisotopic (exact) mass is 515 g/mol. The summed E-state index contributed by atoms with van der Waals surface area (Å²) >= 11 is 0. The van der Waals surface area contributed by atoms with Crippen LogP contribution in [0.2, 0.25) is 0 Å². The molecular formula is C31H34FN3O3. The minimum atomic E-state index is -0.324. The quantitative estimate of drug-likeness (QED) is 0.420. The number of aromatic nitrogens is 1. The maximum Gasteiger partial charge on any atom is 0.270 e. The van der Waals surface area contributed by atoms with Crippen molar-refractivity contribution in [2.24, 2.45) is 5.92 Å². The number of likely N-dealkylation sites (tertiary alicyclic amines) is 2. The Morgan fingerprint density at radius 1 is 0.974 bits per heavy atom. The van der Waals surface area contributed by atoms with E-state index in [1.807, 2.05) is 24.0 Å². The van der Waals surface area contributed by atoms with Crippen LogP contribution in [0.3, 0.4) is 0 Å². The SMILES string of the molecule is Cc1cc2c3c(c1)cc(C(=O)N1CCC[C@H]1CCN1CCC(C(=O)c4ccc(F)cc4)CC1)n3CCC2=O. The molecular weight excluding hydrogens is 481 g/mol. The summed E-state index contributed by atoms with van der Waals surface area (Å²) in [6.45, 7) is 5.96. The Hall–Kier alpha value is -3.32. The van der Waals surface area contributed by atoms with Crippen LogP contribution in [0.15, 0.2) is 42.5 Å². The number of hydrogen-bond donors (Lipinski definition) is 0. The minimum Gasteiger partial charge on any atom is -0.335 e. The zero-order valence-electron chi connectivity index (χ0n) is 21.9. The average Bonchev–Trinajstić information content (AvgIpc) is 3.54. The molecule has 1 aromatic heterocycles. The summed E-state index contributed by atoms with van der Waals surface area (Å²) < 4.78 is 15.3. The van der Waals surface area contributed by atoms with Crippen molar-refractivity contribution >= 4 is 28.4 Å². The maximum absolute atomic E-state index is 13.8. The van der Waals surface area contributed by atoms with E-state index in [2.05, 4.69) is 15.5 Å². The van der Waals surface area contributed by atoms with E-state index < -0.39 is 0 Å². The van der Waals surface area contributed by atoms with Crippen LogP contribution >= 0.6 is 0 Å². The number of nitrogens with zero attached hydrogens (tertiary/aromatic N) is 3. The van der Waals surface area contributed by atoms with Crippen molar-refractivity contribution < 1.29 is 18.8 Å². The number of benzene rings is 2. The first-order chi connectivity index (χ1) is 18.4. The van der Waals surface area contributed by atoms with Crippen molar-refractivity contribution in [2.75, 3.05) is 26.2 Å². The Labute approximate surface area is 222 Å². The summed E-state index contributed by atoms with van der Waals surface area (Å²) in [6.07, 6.45) is 4.99. The van der Waals surface area contributed by atoms with Crippen molar-refractivity contribution in [2.45, 2.75) is 58.0 Å². The maximum atomic E-state index is 13.8. The zero-order valence-corrected chi connectivity index (χ0v) is 21.9. The fraction of sp³-hybridized carbons (Fsp3) is 0.452. The molecule has 0 unspecified atom stereocenters. The number of aryl methyl sites for hydroxylation is 2. The largest absolute Gasteiger partial charge is 0.335 e. The van der Waals surface area contributed by atoms with Gasteiger partial charge in [-0.05, 0) is 100 Å². The number of hydrogen-bond acceptors (Lipinski definition) is 4. The Morgan fingerprint density at radius 2 is 1.74 bits per heavy atom. The number of rotatable bonds is 6. The van der Waals surface area contributed by atoms with Crippen LogP contribution in [0.4, 0.5) is 4.39 Å². The average molecular weight is 516 g/mol. The summed E-state index contributed by atoms with van der Waals surface area (Å²) in [7, 11) is 0. The van der Waals surface area contributed by atoms with Crippen LogP contribution in [0.1, 0.15) is 75.3 Å². The second kappa shape index (κ2) is 10.1. The molecule has 198 valence electrons. The molecule has 0 spiro atoms. The zero-order chi connectivity index (χ0) is 26.4. The fourth-order valence-corrected chi connectivity index (χ4v) is 6.68. The highest BCUT2D eigenvalue weighted by molar-refractivity contribution is 6.11. The molecule has 3 aromatic rings. The van der Waals surface area contributed by atoms with Crippen molar-refractivity contribution in [1.29, 1.82) is 0 Å². The predicted molar refractivity (Wildman–Crippen MR) is 144 cm³/mol. The third kappa shape index (κ3) is 4.57. The molecule has 0 bridgehead atoms. The van der Waals surface area contributed by atoms with Crippen molar-refractivity contribution in [3.63, 3.8) is 0 Å². The fourth-order valence-electron chi connectivity index (χ4n) is 6.68. The molecule has 2 fully saturated rings. The molecule has 0 radical (unpaired) electrons. The first kappa shape index (κ1) is 25.0. The number of halogens is 1. The molecule has 38 heavy (non-hydrogen) atoms. The topological polar surface area (TPSA) is 62.6 Å². The van der Waals surface area contributed by atoms with E-state index in [-0.39, 0.29) is 35.3 Å². The highest BCUT2D eigenvalue weighted by Crippen LogP contribution is 2.32. The molecule has 6 rings (SSSR count). The molecule has 1 atom stereocenters. The van der Waals surface area contributed by atoms with E-state index in [4.69, 9.17) is 0 Å². The minimum absolute atomic E-state index is 0.0119. The lowest BCUT2D eigenvalue weighted by Gasteiger charge is -2.33. The van der Waals surface area contributed by atoms with Crippen molar-refractivity contribution in [3.05, 3.63) is 70.7 Å². The van der Waals surface area contributed by atoms with E-state index in [0.29, 0.717) is 24.2 Å². The van der Waals surface area contributed by atoms with Crippen molar-refractivity contribution in [1.82, 2.24) is 14.4 Å². The van der Waals surface area contributed by atoms with Gasteiger partial charge in [-0.25, -0.2) is 4.39 Å². The molecule has 2 saturated heterocycles. The van der Waals surface area contributed by atoms with Gasteiger partial charge in [0.1, 0.15) is 11.5 Å². The van der Waals surface area contributed by atoms with E-state index in [1.54, 1.807) is 12.1 Å². The van der Waals surface area contributed by atoms with Gasteiger partial charge >= 0.3 is 0 Å². The van der Waals surface area contributed by atoms with E-state index in [1.165, 1.54) is 12.1 Å². The Kier molecular flexibility index (Phi) is 6.64. The molecule has 4 heterocycles. The third-order valence-electron chi connectivity index (χ3n) is 8.72. The summed E-state index contributed by atoms with van der Waals surface area (Å²) in [5.74, 6) is 0.00848. The summed E-state index contributed by atoms with van der Waals surface area (Å²) in [5.41, 5.74) is 3.98. The highest BCUT2D eigenvalue weighted by Gasteiger charge is 2.34. The van der Waals surface area contributed by atoms with Crippen molar-refractivity contribution in [3.8, 4) is 0 Å². The summed E-state index contributed by atoms with van der Waals surface area (Å²) in [4.78, 5) is 43.6. The van der Waals surface area contributed by atoms with Gasteiger partial charge in [0, 0.05) is 54.5 Å². The van der Waals surface area contributed by atoms with Crippen LogP contribution in [0, 0.1) is 18.7 Å². The van der Waals surface area contributed by atoms with Gasteiger partial charge in [-0.3, -0.25) is 14.4 Å².